The van der Waals surface area contributed by atoms with Crippen molar-refractivity contribution in [2.75, 3.05) is 9.80 Å². The molecule has 104 heavy (non-hydrogen) atoms. The van der Waals surface area contributed by atoms with Crippen LogP contribution in [0.5, 0.6) is 0 Å². The minimum Gasteiger partial charge on any atom is -0.456 e. The standard InChI is InChI=1S/C94H54N4O6/c1-2-15-58(16-3-1)93-95-80-51-78-75-45-41-67(50-87(75)101-89(78)54-91(80)104-93)98(82-27-13-26-77-73-23-7-9-29-84(73)102-92(77)82)64-37-32-57(33-38-64)70-25-12-19-61-46-60(34-42-71(61)70)59-18-10-20-62(47-59)94-96-81-53-88-79(52-90(81)103-94)76-44-40-66(49-86(76)100-88)97(65-39-43-74-72-22-6-8-28-83(72)99-85(74)48-65)63-35-30-56(31-36-63)69-24-11-17-55-14-4-5-21-68(55)69/h1-54H. The summed E-state index contributed by atoms with van der Waals surface area (Å²) in [6.45, 7) is 0. The molecule has 0 saturated carbocycles. The molecule has 0 saturated heterocycles. The lowest BCUT2D eigenvalue weighted by atomic mass is 9.94. The maximum absolute atomic E-state index is 6.78. The lowest BCUT2D eigenvalue weighted by Gasteiger charge is -2.25. The third kappa shape index (κ3) is 9.29. The number of benzene rings is 16. The zero-order valence-electron chi connectivity index (χ0n) is 55.4. The van der Waals surface area contributed by atoms with E-state index >= 15 is 0 Å². The Morgan fingerprint density at radius 3 is 1.35 bits per heavy atom. The molecule has 22 aromatic rings. The van der Waals surface area contributed by atoms with Crippen LogP contribution in [0.2, 0.25) is 0 Å². The molecule has 6 heterocycles. The van der Waals surface area contributed by atoms with Crippen molar-refractivity contribution in [3.05, 3.63) is 328 Å². The SMILES string of the molecule is c1ccc(-c2nc3cc4c(cc3o2)oc2cc(N(c3ccc(-c5cccc6cc(-c7cccc(-c8nc9cc%10oc%11cc(N(c%12ccc(-c%13cccc%14ccccc%13%14)cc%12)c%12ccc%13c(c%12)oc%12ccccc%12%13)ccc%11c%10cc9o8)c7)ccc56)cc3)c3cccc5c3oc3ccccc35)ccc24)cc1. The van der Waals surface area contributed by atoms with Gasteiger partial charge in [0.1, 0.15) is 50.1 Å². The highest BCUT2D eigenvalue weighted by molar-refractivity contribution is 6.14. The molecule has 0 amide bonds. The van der Waals surface area contributed by atoms with Gasteiger partial charge in [0.05, 0.1) is 11.4 Å². The average Bonchev–Trinajstić information content (AvgIpc) is 1.55. The quantitative estimate of drug-likeness (QED) is 0.124. The fraction of sp³-hybridized carbons (Fsp3) is 0. The Labute approximate surface area is 592 Å². The topological polar surface area (TPSA) is 111 Å². The molecule has 486 valence electrons. The minimum absolute atomic E-state index is 0.533. The largest absolute Gasteiger partial charge is 0.456 e. The van der Waals surface area contributed by atoms with E-state index in [1.54, 1.807) is 0 Å². The monoisotopic (exact) mass is 1330 g/mol. The third-order valence-corrected chi connectivity index (χ3v) is 20.7. The first-order chi connectivity index (χ1) is 51.4. The first-order valence-electron chi connectivity index (χ1n) is 34.8. The van der Waals surface area contributed by atoms with Gasteiger partial charge in [0.25, 0.3) is 0 Å². The van der Waals surface area contributed by atoms with Crippen LogP contribution in [-0.2, 0) is 0 Å². The molecule has 6 aromatic heterocycles. The second-order valence-corrected chi connectivity index (χ2v) is 26.7. The number of para-hydroxylation sites is 3. The van der Waals surface area contributed by atoms with Gasteiger partial charge >= 0.3 is 0 Å². The van der Waals surface area contributed by atoms with Crippen molar-refractivity contribution in [1.29, 1.82) is 0 Å². The van der Waals surface area contributed by atoms with Crippen LogP contribution in [-0.4, -0.2) is 9.97 Å². The van der Waals surface area contributed by atoms with Crippen LogP contribution < -0.4 is 9.80 Å². The van der Waals surface area contributed by atoms with E-state index in [1.165, 1.54) is 16.3 Å². The predicted octanol–water partition coefficient (Wildman–Crippen LogP) is 27.1. The van der Waals surface area contributed by atoms with Gasteiger partial charge in [0.15, 0.2) is 16.7 Å². The molecule has 22 rings (SSSR count). The maximum atomic E-state index is 6.78. The van der Waals surface area contributed by atoms with Crippen LogP contribution in [0.1, 0.15) is 0 Å². The van der Waals surface area contributed by atoms with Crippen LogP contribution in [0.4, 0.5) is 34.1 Å². The highest BCUT2D eigenvalue weighted by Crippen LogP contribution is 2.48. The molecule has 10 nitrogen and oxygen atoms in total. The summed E-state index contributed by atoms with van der Waals surface area (Å²) >= 11 is 0. The van der Waals surface area contributed by atoms with Crippen molar-refractivity contribution < 1.29 is 26.5 Å². The summed E-state index contributed by atoms with van der Waals surface area (Å²) in [4.78, 5) is 14.5. The van der Waals surface area contributed by atoms with Crippen molar-refractivity contribution >= 4 is 166 Å². The van der Waals surface area contributed by atoms with Crippen LogP contribution >= 0.6 is 0 Å². The highest BCUT2D eigenvalue weighted by Gasteiger charge is 2.25. The molecule has 0 N–H and O–H groups in total. The number of fused-ring (bicyclic) bond motifs is 16. The molecule has 0 atom stereocenters. The van der Waals surface area contributed by atoms with E-state index < -0.39 is 0 Å². The van der Waals surface area contributed by atoms with Gasteiger partial charge in [-0.25, -0.2) is 9.97 Å². The van der Waals surface area contributed by atoms with Gasteiger partial charge in [-0.05, 0) is 176 Å². The van der Waals surface area contributed by atoms with Gasteiger partial charge in [0, 0.05) is 107 Å². The normalized spacial score (nSPS) is 12.0. The molecule has 0 fully saturated rings. The Bertz CT molecular complexity index is 7250. The van der Waals surface area contributed by atoms with Crippen LogP contribution in [0.25, 0.3) is 188 Å². The zero-order valence-corrected chi connectivity index (χ0v) is 55.4. The summed E-state index contributed by atoms with van der Waals surface area (Å²) < 4.78 is 39.6. The Kier molecular flexibility index (Phi) is 12.6. The molecule has 16 aromatic carbocycles. The number of nitrogens with zero attached hydrogens (tertiary/aromatic N) is 4. The van der Waals surface area contributed by atoms with E-state index in [0.29, 0.717) is 28.5 Å². The molecular formula is C94H54N4O6. The third-order valence-electron chi connectivity index (χ3n) is 20.7. The summed E-state index contributed by atoms with van der Waals surface area (Å²) in [5, 5.41) is 12.8. The van der Waals surface area contributed by atoms with Gasteiger partial charge in [-0.1, -0.05) is 176 Å². The Morgan fingerprint density at radius 1 is 0.202 bits per heavy atom. The molecule has 0 spiro atoms. The van der Waals surface area contributed by atoms with Crippen molar-refractivity contribution in [2.24, 2.45) is 0 Å². The first kappa shape index (κ1) is 57.7. The maximum Gasteiger partial charge on any atom is 0.227 e. The number of rotatable bonds is 11. The number of hydrogen-bond donors (Lipinski definition) is 0. The van der Waals surface area contributed by atoms with E-state index in [9.17, 15) is 0 Å². The second kappa shape index (κ2) is 22.7. The van der Waals surface area contributed by atoms with E-state index in [4.69, 9.17) is 36.5 Å². The van der Waals surface area contributed by atoms with Crippen LogP contribution in [0.15, 0.2) is 354 Å². The van der Waals surface area contributed by atoms with Gasteiger partial charge in [-0.15, -0.1) is 0 Å². The zero-order chi connectivity index (χ0) is 68.1. The number of oxazole rings is 2. The fourth-order valence-electron chi connectivity index (χ4n) is 15.7. The molecule has 0 radical (unpaired) electrons. The van der Waals surface area contributed by atoms with Crippen LogP contribution in [0.3, 0.4) is 0 Å². The molecule has 0 aliphatic rings. The fourth-order valence-corrected chi connectivity index (χ4v) is 15.7. The molecule has 0 bridgehead atoms. The van der Waals surface area contributed by atoms with Crippen LogP contribution in [0, 0.1) is 0 Å². The number of anilines is 6. The minimum atomic E-state index is 0.533. The van der Waals surface area contributed by atoms with Crippen molar-refractivity contribution in [1.82, 2.24) is 9.97 Å². The van der Waals surface area contributed by atoms with E-state index in [1.807, 2.05) is 66.7 Å². The van der Waals surface area contributed by atoms with Crippen molar-refractivity contribution in [2.45, 2.75) is 0 Å². The van der Waals surface area contributed by atoms with Crippen molar-refractivity contribution in [3.63, 3.8) is 0 Å². The Hall–Kier alpha value is -14.2. The summed E-state index contributed by atoms with van der Waals surface area (Å²) in [6, 6.07) is 114. The van der Waals surface area contributed by atoms with Gasteiger partial charge < -0.3 is 36.3 Å². The Balaban J connectivity index is 0.565. The summed E-state index contributed by atoms with van der Waals surface area (Å²) in [5.41, 5.74) is 23.2. The van der Waals surface area contributed by atoms with E-state index in [2.05, 4.69) is 271 Å². The number of hydrogen-bond acceptors (Lipinski definition) is 10. The summed E-state index contributed by atoms with van der Waals surface area (Å²) in [6.07, 6.45) is 0. The molecule has 10 heteroatoms. The smallest absolute Gasteiger partial charge is 0.227 e. The second-order valence-electron chi connectivity index (χ2n) is 26.7. The van der Waals surface area contributed by atoms with Crippen molar-refractivity contribution in [3.8, 4) is 56.3 Å². The molecule has 0 unspecified atom stereocenters. The highest BCUT2D eigenvalue weighted by atomic mass is 16.4. The molecular weight excluding hydrogens is 1280 g/mol. The number of aromatic nitrogens is 2. The Morgan fingerprint density at radius 2 is 0.635 bits per heavy atom. The summed E-state index contributed by atoms with van der Waals surface area (Å²) in [5.74, 6) is 1.11. The predicted molar refractivity (Wildman–Crippen MR) is 422 cm³/mol. The van der Waals surface area contributed by atoms with Gasteiger partial charge in [0.2, 0.25) is 11.8 Å². The van der Waals surface area contributed by atoms with Gasteiger partial charge in [-0.2, -0.15) is 0 Å². The average molecular weight is 1340 g/mol. The lowest BCUT2D eigenvalue weighted by molar-refractivity contribution is 0.617. The van der Waals surface area contributed by atoms with Gasteiger partial charge in [-0.3, -0.25) is 0 Å². The van der Waals surface area contributed by atoms with E-state index in [0.717, 1.165) is 177 Å². The van der Waals surface area contributed by atoms with E-state index in [-0.39, 0.29) is 0 Å². The molecule has 0 aliphatic heterocycles. The molecule has 0 aliphatic carbocycles. The lowest BCUT2D eigenvalue weighted by Crippen LogP contribution is -2.10. The first-order valence-corrected chi connectivity index (χ1v) is 34.8. The summed E-state index contributed by atoms with van der Waals surface area (Å²) in [7, 11) is 0. The number of furan rings is 4.